The third-order valence-corrected chi connectivity index (χ3v) is 7.23. The number of halogens is 4. The second-order valence-corrected chi connectivity index (χ2v) is 16.3. The van der Waals surface area contributed by atoms with Crippen molar-refractivity contribution >= 4 is 89.5 Å². The summed E-state index contributed by atoms with van der Waals surface area (Å²) in [4.78, 5) is 10.2. The average molecular weight is 895 g/mol. The van der Waals surface area contributed by atoms with Crippen LogP contribution in [0.25, 0.3) is 0 Å². The Morgan fingerprint density at radius 2 is 1.00 bits per heavy atom. The van der Waals surface area contributed by atoms with Gasteiger partial charge in [-0.1, -0.05) is 55.1 Å². The molecule has 0 radical (unpaired) electrons. The molecule has 0 saturated carbocycles. The fourth-order valence-corrected chi connectivity index (χ4v) is 3.87. The predicted octanol–water partition coefficient (Wildman–Crippen LogP) is 7.30. The van der Waals surface area contributed by atoms with Gasteiger partial charge in [-0.05, 0) is 111 Å². The SMILES string of the molecule is CC(C)(C)[S@@](=O)N=Cc1cc(Cl)cc(Br)c1.CC(C)(C)[S@](N)=O.CCO.CCO.CCO.CCO.O=Cc1cc(Cl)cc(Br)c1.[Ti]. The molecule has 0 unspecified atom stereocenters. The van der Waals surface area contributed by atoms with Gasteiger partial charge in [-0.2, -0.15) is 4.40 Å². The minimum absolute atomic E-state index is 0. The molecule has 2 aromatic rings. The summed E-state index contributed by atoms with van der Waals surface area (Å²) in [6.45, 7) is 18.9. The van der Waals surface area contributed by atoms with E-state index in [0.717, 1.165) is 20.8 Å². The van der Waals surface area contributed by atoms with E-state index in [1.54, 1.807) is 64.2 Å². The largest absolute Gasteiger partial charge is 0.397 e. The summed E-state index contributed by atoms with van der Waals surface area (Å²) in [5.41, 5.74) is 1.41. The third kappa shape index (κ3) is 44.1. The van der Waals surface area contributed by atoms with Crippen LogP contribution in [-0.4, -0.2) is 77.3 Å². The molecule has 0 aliphatic heterocycles. The van der Waals surface area contributed by atoms with Crippen LogP contribution in [0.5, 0.6) is 0 Å². The van der Waals surface area contributed by atoms with E-state index in [-0.39, 0.29) is 57.6 Å². The summed E-state index contributed by atoms with van der Waals surface area (Å²) >= 11 is 18.1. The fraction of sp³-hybridized carbons (Fsp3) is 0.533. The van der Waals surface area contributed by atoms with Crippen molar-refractivity contribution in [3.63, 3.8) is 0 Å². The summed E-state index contributed by atoms with van der Waals surface area (Å²) < 4.78 is 27.2. The van der Waals surface area contributed by atoms with Crippen molar-refractivity contribution in [1.29, 1.82) is 0 Å². The number of nitrogens with two attached hydrogens (primary N) is 1. The Kier molecular flexibility index (Phi) is 46.2. The maximum Gasteiger partial charge on any atom is 0.150 e. The second kappa shape index (κ2) is 36.4. The van der Waals surface area contributed by atoms with E-state index in [0.29, 0.717) is 15.6 Å². The van der Waals surface area contributed by atoms with Gasteiger partial charge in [-0.25, -0.2) is 8.42 Å². The molecule has 9 nitrogen and oxygen atoms in total. The molecule has 0 aliphatic rings. The molecule has 0 aromatic heterocycles. The van der Waals surface area contributed by atoms with Gasteiger partial charge in [0.25, 0.3) is 0 Å². The molecule has 2 rings (SSSR count). The van der Waals surface area contributed by atoms with Crippen LogP contribution < -0.4 is 5.14 Å². The Morgan fingerprint density at radius 1 is 0.717 bits per heavy atom. The minimum Gasteiger partial charge on any atom is -0.397 e. The molecule has 0 spiro atoms. The van der Waals surface area contributed by atoms with Crippen LogP contribution >= 0.6 is 55.1 Å². The van der Waals surface area contributed by atoms with E-state index in [1.165, 1.54) is 0 Å². The van der Waals surface area contributed by atoms with Gasteiger partial charge in [0.05, 0.1) is 20.5 Å². The Morgan fingerprint density at radius 3 is 1.24 bits per heavy atom. The zero-order chi connectivity index (χ0) is 36.8. The molecule has 0 fully saturated rings. The van der Waals surface area contributed by atoms with Crippen LogP contribution in [0.4, 0.5) is 0 Å². The molecule has 2 aromatic carbocycles. The van der Waals surface area contributed by atoms with Crippen LogP contribution in [0, 0.1) is 0 Å². The first-order chi connectivity index (χ1) is 20.6. The molecule has 6 N–H and O–H groups in total. The van der Waals surface area contributed by atoms with Crippen molar-refractivity contribution in [2.45, 2.75) is 78.7 Å². The minimum atomic E-state index is -1.24. The predicted molar refractivity (Wildman–Crippen MR) is 202 cm³/mol. The molecule has 0 aliphatic carbocycles. The van der Waals surface area contributed by atoms with Crippen LogP contribution in [0.2, 0.25) is 10.0 Å². The van der Waals surface area contributed by atoms with E-state index in [1.807, 2.05) is 47.6 Å². The monoisotopic (exact) mass is 892 g/mol. The molecule has 2 atom stereocenters. The molecule has 268 valence electrons. The van der Waals surface area contributed by atoms with Gasteiger partial charge in [0.1, 0.15) is 17.3 Å². The van der Waals surface area contributed by atoms with Gasteiger partial charge in [-0.15, -0.1) is 0 Å². The number of hydrogen-bond donors (Lipinski definition) is 5. The zero-order valence-corrected chi connectivity index (χ0v) is 36.2. The molecular formula is C30H52Br2Cl2N2O7S2Ti. The Bertz CT molecular complexity index is 1060. The first-order valence-corrected chi connectivity index (χ1v) is 18.2. The number of aliphatic hydroxyl groups is 4. The van der Waals surface area contributed by atoms with E-state index >= 15 is 0 Å². The number of rotatable bonds is 3. The average Bonchev–Trinajstić information content (AvgIpc) is 2.87. The molecule has 16 heteroatoms. The van der Waals surface area contributed by atoms with E-state index in [4.69, 9.17) is 48.8 Å². The maximum atomic E-state index is 11.7. The van der Waals surface area contributed by atoms with Crippen molar-refractivity contribution in [3.8, 4) is 0 Å². The number of aliphatic hydroxyl groups excluding tert-OH is 4. The van der Waals surface area contributed by atoms with Crippen molar-refractivity contribution in [2.24, 2.45) is 9.54 Å². The fourth-order valence-electron chi connectivity index (χ4n) is 1.56. The molecule has 0 saturated heterocycles. The third-order valence-electron chi connectivity index (χ3n) is 3.33. The summed E-state index contributed by atoms with van der Waals surface area (Å²) in [6, 6.07) is 10.5. The Hall–Kier alpha value is 0.134. The second-order valence-electron chi connectivity index (χ2n) is 9.79. The quantitative estimate of drug-likeness (QED) is 0.122. The number of carbonyl (C=O) groups excluding carboxylic acids is 1. The van der Waals surface area contributed by atoms with Gasteiger partial charge in [0.2, 0.25) is 0 Å². The van der Waals surface area contributed by atoms with Crippen molar-refractivity contribution < 1.29 is 55.4 Å². The number of nitrogens with zero attached hydrogens (tertiary/aromatic N) is 1. The van der Waals surface area contributed by atoms with Crippen molar-refractivity contribution in [2.75, 3.05) is 26.4 Å². The number of benzene rings is 2. The summed E-state index contributed by atoms with van der Waals surface area (Å²) in [5, 5.41) is 36.5. The molecule has 46 heavy (non-hydrogen) atoms. The number of carbonyl (C=O) groups is 1. The normalized spacial score (nSPS) is 11.1. The maximum absolute atomic E-state index is 11.7. The van der Waals surface area contributed by atoms with Gasteiger partial charge in [0, 0.05) is 78.9 Å². The van der Waals surface area contributed by atoms with E-state index in [9.17, 15) is 13.2 Å². The van der Waals surface area contributed by atoms with Crippen LogP contribution in [-0.2, 0) is 43.7 Å². The molecular weight excluding hydrogens is 843 g/mol. The summed E-state index contributed by atoms with van der Waals surface area (Å²) in [6.07, 6.45) is 2.34. The Labute approximate surface area is 323 Å². The molecule has 0 amide bonds. The smallest absolute Gasteiger partial charge is 0.150 e. The van der Waals surface area contributed by atoms with Gasteiger partial charge < -0.3 is 20.4 Å². The first kappa shape index (κ1) is 58.3. The molecule has 0 bridgehead atoms. The van der Waals surface area contributed by atoms with Crippen molar-refractivity contribution in [3.05, 3.63) is 66.5 Å². The van der Waals surface area contributed by atoms with Gasteiger partial charge in [0.15, 0.2) is 0 Å². The standard InChI is InChI=1S/C11H13BrClNOS.C7H4BrClO.C4H11NOS.4C2H6O.Ti/c1-11(2,3)16(15)14-7-8-4-9(12)6-10(13)5-8;8-6-1-5(4-10)2-7(9)3-6;1-4(2,3)7(5)6;4*1-2-3;/h4-7H,1-3H3;1-4H;5H2,1-3H3;4*3H,2H2,1H3;/t16-;;7-;;;;;/m1.1...../s1. The molecule has 0 heterocycles. The first-order valence-electron chi connectivity index (χ1n) is 13.5. The van der Waals surface area contributed by atoms with Gasteiger partial charge in [-0.3, -0.25) is 9.93 Å². The topological polar surface area (TPSA) is 171 Å². The van der Waals surface area contributed by atoms with Gasteiger partial charge >= 0.3 is 0 Å². The van der Waals surface area contributed by atoms with E-state index in [2.05, 4.69) is 36.3 Å². The van der Waals surface area contributed by atoms with E-state index < -0.39 is 22.0 Å². The Balaban J connectivity index is -0.000000115. The number of hydrogen-bond acceptors (Lipinski definition) is 7. The number of aldehydes is 1. The summed E-state index contributed by atoms with van der Waals surface area (Å²) in [7, 11) is -2.42. The summed E-state index contributed by atoms with van der Waals surface area (Å²) in [5.74, 6) is 0. The van der Waals surface area contributed by atoms with Crippen LogP contribution in [0.15, 0.2) is 49.7 Å². The van der Waals surface area contributed by atoms with Crippen molar-refractivity contribution in [1.82, 2.24) is 0 Å². The van der Waals surface area contributed by atoms with Crippen LogP contribution in [0.3, 0.4) is 0 Å². The van der Waals surface area contributed by atoms with Crippen LogP contribution in [0.1, 0.15) is 85.2 Å². The zero-order valence-electron chi connectivity index (χ0n) is 28.3.